The van der Waals surface area contributed by atoms with Crippen molar-refractivity contribution < 1.29 is 9.53 Å². The zero-order valence-corrected chi connectivity index (χ0v) is 12.4. The van der Waals surface area contributed by atoms with Crippen molar-refractivity contribution in [1.82, 2.24) is 14.9 Å². The molecule has 20 heavy (non-hydrogen) atoms. The second kappa shape index (κ2) is 5.63. The molecule has 1 heterocycles. The van der Waals surface area contributed by atoms with Crippen LogP contribution >= 0.6 is 0 Å². The second-order valence-electron chi connectivity index (χ2n) is 5.12. The molecule has 0 saturated heterocycles. The Labute approximate surface area is 118 Å². The van der Waals surface area contributed by atoms with Gasteiger partial charge in [-0.3, -0.25) is 4.79 Å². The number of likely N-dealkylation sites (N-methyl/N-ethyl adjacent to an activating group) is 1. The number of carbonyl (C=O) groups excluding carboxylic acids is 1. The van der Waals surface area contributed by atoms with Crippen LogP contribution < -0.4 is 5.32 Å². The molecule has 1 N–H and O–H groups in total. The SMILES string of the molecule is CNC(C)(CCn1c(C)nc2ccccc21)C(=O)OC. The molecule has 0 radical (unpaired) electrons. The van der Waals surface area contributed by atoms with Gasteiger partial charge in [0, 0.05) is 6.54 Å². The molecule has 0 spiro atoms. The number of rotatable bonds is 5. The maximum absolute atomic E-state index is 11.9. The first kappa shape index (κ1) is 14.5. The summed E-state index contributed by atoms with van der Waals surface area (Å²) in [5, 5.41) is 3.05. The van der Waals surface area contributed by atoms with E-state index in [9.17, 15) is 4.79 Å². The van der Waals surface area contributed by atoms with E-state index in [4.69, 9.17) is 4.74 Å². The molecule has 108 valence electrons. The van der Waals surface area contributed by atoms with Crippen LogP contribution in [0.4, 0.5) is 0 Å². The van der Waals surface area contributed by atoms with Crippen LogP contribution in [-0.2, 0) is 16.1 Å². The number of carbonyl (C=O) groups is 1. The normalized spacial score (nSPS) is 14.2. The van der Waals surface area contributed by atoms with E-state index in [1.165, 1.54) is 7.11 Å². The van der Waals surface area contributed by atoms with E-state index >= 15 is 0 Å². The molecule has 1 aromatic heterocycles. The first-order chi connectivity index (χ1) is 9.51. The fourth-order valence-electron chi connectivity index (χ4n) is 2.37. The first-order valence-electron chi connectivity index (χ1n) is 6.71. The summed E-state index contributed by atoms with van der Waals surface area (Å²) in [6, 6.07) is 8.02. The number of aromatic nitrogens is 2. The monoisotopic (exact) mass is 275 g/mol. The Hall–Kier alpha value is -1.88. The number of hydrogen-bond acceptors (Lipinski definition) is 4. The van der Waals surface area contributed by atoms with E-state index in [-0.39, 0.29) is 5.97 Å². The number of benzene rings is 1. The summed E-state index contributed by atoms with van der Waals surface area (Å²) in [6.07, 6.45) is 0.636. The van der Waals surface area contributed by atoms with Crippen LogP contribution in [0.1, 0.15) is 19.2 Å². The van der Waals surface area contributed by atoms with Crippen LogP contribution in [0.5, 0.6) is 0 Å². The molecule has 0 amide bonds. The van der Waals surface area contributed by atoms with Gasteiger partial charge >= 0.3 is 5.97 Å². The van der Waals surface area contributed by atoms with Crippen molar-refractivity contribution in [1.29, 1.82) is 0 Å². The molecule has 2 aromatic rings. The lowest BCUT2D eigenvalue weighted by Crippen LogP contribution is -2.49. The third-order valence-corrected chi connectivity index (χ3v) is 3.87. The van der Waals surface area contributed by atoms with Crippen LogP contribution in [-0.4, -0.2) is 35.2 Å². The molecule has 0 fully saturated rings. The van der Waals surface area contributed by atoms with Gasteiger partial charge in [0.2, 0.25) is 0 Å². The number of ether oxygens (including phenoxy) is 1. The van der Waals surface area contributed by atoms with Gasteiger partial charge < -0.3 is 14.6 Å². The minimum Gasteiger partial charge on any atom is -0.468 e. The summed E-state index contributed by atoms with van der Waals surface area (Å²) in [5.74, 6) is 0.705. The summed E-state index contributed by atoms with van der Waals surface area (Å²) in [4.78, 5) is 16.4. The van der Waals surface area contributed by atoms with Crippen LogP contribution in [0.25, 0.3) is 11.0 Å². The Morgan fingerprint density at radius 1 is 1.45 bits per heavy atom. The van der Waals surface area contributed by atoms with Crippen LogP contribution in [0, 0.1) is 6.92 Å². The maximum atomic E-state index is 11.9. The van der Waals surface area contributed by atoms with Crippen LogP contribution in [0.3, 0.4) is 0 Å². The minimum absolute atomic E-state index is 0.248. The summed E-state index contributed by atoms with van der Waals surface area (Å²) >= 11 is 0. The van der Waals surface area contributed by atoms with Crippen molar-refractivity contribution in [2.24, 2.45) is 0 Å². The highest BCUT2D eigenvalue weighted by atomic mass is 16.5. The predicted molar refractivity (Wildman–Crippen MR) is 78.6 cm³/mol. The lowest BCUT2D eigenvalue weighted by molar-refractivity contribution is -0.148. The maximum Gasteiger partial charge on any atom is 0.325 e. The quantitative estimate of drug-likeness (QED) is 0.847. The van der Waals surface area contributed by atoms with Crippen molar-refractivity contribution in [3.05, 3.63) is 30.1 Å². The van der Waals surface area contributed by atoms with Gasteiger partial charge in [-0.25, -0.2) is 4.98 Å². The Morgan fingerprint density at radius 3 is 2.80 bits per heavy atom. The fraction of sp³-hybridized carbons (Fsp3) is 0.467. The number of aryl methyl sites for hydroxylation is 2. The van der Waals surface area contributed by atoms with Gasteiger partial charge in [0.1, 0.15) is 11.4 Å². The Morgan fingerprint density at radius 2 is 2.15 bits per heavy atom. The van der Waals surface area contributed by atoms with E-state index in [1.54, 1.807) is 7.05 Å². The van der Waals surface area contributed by atoms with Gasteiger partial charge in [-0.15, -0.1) is 0 Å². The highest BCUT2D eigenvalue weighted by Crippen LogP contribution is 2.19. The number of fused-ring (bicyclic) bond motifs is 1. The molecule has 0 aliphatic rings. The number of nitrogens with zero attached hydrogens (tertiary/aromatic N) is 2. The largest absolute Gasteiger partial charge is 0.468 e. The van der Waals surface area contributed by atoms with Crippen molar-refractivity contribution >= 4 is 17.0 Å². The lowest BCUT2D eigenvalue weighted by Gasteiger charge is -2.26. The number of hydrogen-bond donors (Lipinski definition) is 1. The van der Waals surface area contributed by atoms with Crippen molar-refractivity contribution in [2.45, 2.75) is 32.4 Å². The first-order valence-corrected chi connectivity index (χ1v) is 6.71. The number of imidazole rings is 1. The van der Waals surface area contributed by atoms with Gasteiger partial charge in [-0.2, -0.15) is 0 Å². The van der Waals surface area contributed by atoms with Crippen molar-refractivity contribution in [2.75, 3.05) is 14.2 Å². The van der Waals surface area contributed by atoms with E-state index in [1.807, 2.05) is 38.1 Å². The molecule has 2 rings (SSSR count). The van der Waals surface area contributed by atoms with Gasteiger partial charge in [-0.05, 0) is 39.4 Å². The smallest absolute Gasteiger partial charge is 0.325 e. The van der Waals surface area contributed by atoms with Gasteiger partial charge in [0.05, 0.1) is 18.1 Å². The number of esters is 1. The molecule has 5 heteroatoms. The average molecular weight is 275 g/mol. The van der Waals surface area contributed by atoms with Crippen LogP contribution in [0.15, 0.2) is 24.3 Å². The fourth-order valence-corrected chi connectivity index (χ4v) is 2.37. The van der Waals surface area contributed by atoms with Gasteiger partial charge in [-0.1, -0.05) is 12.1 Å². The third kappa shape index (κ3) is 2.54. The highest BCUT2D eigenvalue weighted by Gasteiger charge is 2.32. The molecule has 5 nitrogen and oxygen atoms in total. The third-order valence-electron chi connectivity index (χ3n) is 3.87. The van der Waals surface area contributed by atoms with Crippen molar-refractivity contribution in [3.8, 4) is 0 Å². The van der Waals surface area contributed by atoms with Gasteiger partial charge in [0.15, 0.2) is 0 Å². The van der Waals surface area contributed by atoms with Crippen LogP contribution in [0.2, 0.25) is 0 Å². The van der Waals surface area contributed by atoms with E-state index in [0.717, 1.165) is 16.9 Å². The average Bonchev–Trinajstić information content (AvgIpc) is 2.79. The summed E-state index contributed by atoms with van der Waals surface area (Å²) in [7, 11) is 3.19. The molecule has 0 aliphatic carbocycles. The summed E-state index contributed by atoms with van der Waals surface area (Å²) in [5.41, 5.74) is 1.38. The number of para-hydroxylation sites is 2. The Bertz CT molecular complexity index is 621. The molecule has 1 atom stereocenters. The van der Waals surface area contributed by atoms with Crippen molar-refractivity contribution in [3.63, 3.8) is 0 Å². The number of methoxy groups -OCH3 is 1. The lowest BCUT2D eigenvalue weighted by atomic mass is 9.98. The molecule has 0 aliphatic heterocycles. The second-order valence-corrected chi connectivity index (χ2v) is 5.12. The minimum atomic E-state index is -0.688. The van der Waals surface area contributed by atoms with E-state index in [2.05, 4.69) is 14.9 Å². The molecular formula is C15H21N3O2. The standard InChI is InChI=1S/C15H21N3O2/c1-11-17-12-7-5-6-8-13(12)18(11)10-9-15(2,16-3)14(19)20-4/h5-8,16H,9-10H2,1-4H3. The topological polar surface area (TPSA) is 56.2 Å². The van der Waals surface area contributed by atoms with E-state index in [0.29, 0.717) is 13.0 Å². The van der Waals surface area contributed by atoms with Gasteiger partial charge in [0.25, 0.3) is 0 Å². The van der Waals surface area contributed by atoms with E-state index < -0.39 is 5.54 Å². The molecule has 0 bridgehead atoms. The molecule has 0 saturated carbocycles. The Kier molecular flexibility index (Phi) is 4.09. The number of nitrogens with one attached hydrogen (secondary N) is 1. The zero-order chi connectivity index (χ0) is 14.8. The zero-order valence-electron chi connectivity index (χ0n) is 12.4. The highest BCUT2D eigenvalue weighted by molar-refractivity contribution is 5.80. The summed E-state index contributed by atoms with van der Waals surface area (Å²) < 4.78 is 7.00. The molecule has 1 unspecified atom stereocenters. The molecular weight excluding hydrogens is 254 g/mol. The molecule has 1 aromatic carbocycles. The summed E-state index contributed by atoms with van der Waals surface area (Å²) in [6.45, 7) is 4.54. The Balaban J connectivity index is 2.24. The predicted octanol–water partition coefficient (Wildman–Crippen LogP) is 1.89.